The molecule has 0 aliphatic carbocycles. The number of carbonyl (C=O) groups is 1. The summed E-state index contributed by atoms with van der Waals surface area (Å²) in [6, 6.07) is 5.41. The molecule has 0 saturated heterocycles. The van der Waals surface area contributed by atoms with Crippen LogP contribution in [0.3, 0.4) is 0 Å². The zero-order chi connectivity index (χ0) is 13.1. The molecule has 0 unspecified atom stereocenters. The van der Waals surface area contributed by atoms with Crippen molar-refractivity contribution in [3.63, 3.8) is 0 Å². The lowest BCUT2D eigenvalue weighted by molar-refractivity contribution is -0.353. The standard InChI is InChI=1S/C11H8BrN3O2S/c1-6-4-7(12)2-3-8(6)10(16)14-11-13-5-9(15-17)18-11/h2-5H,1H3,(H,13,14,16)/p+1. The molecule has 0 aliphatic heterocycles. The summed E-state index contributed by atoms with van der Waals surface area (Å²) in [5, 5.41) is 6.24. The van der Waals surface area contributed by atoms with E-state index >= 15 is 0 Å². The van der Waals surface area contributed by atoms with Gasteiger partial charge in [0.1, 0.15) is 6.20 Å². The maximum atomic E-state index is 12.0. The van der Waals surface area contributed by atoms with Crippen LogP contribution < -0.4 is 10.3 Å². The third-order valence-electron chi connectivity index (χ3n) is 2.28. The van der Waals surface area contributed by atoms with Crippen LogP contribution in [0, 0.1) is 11.8 Å². The predicted octanol–water partition coefficient (Wildman–Crippen LogP) is 3.28. The van der Waals surface area contributed by atoms with Crippen LogP contribution >= 0.6 is 27.3 Å². The van der Waals surface area contributed by atoms with Gasteiger partial charge in [-0.3, -0.25) is 0 Å². The van der Waals surface area contributed by atoms with Gasteiger partial charge in [0, 0.05) is 4.47 Å². The number of aryl methyl sites for hydroxylation is 1. The second kappa shape index (κ2) is 5.36. The van der Waals surface area contributed by atoms with E-state index in [1.165, 1.54) is 6.20 Å². The maximum Gasteiger partial charge on any atom is 0.341 e. The number of benzene rings is 1. The molecule has 0 aliphatic rings. The lowest BCUT2D eigenvalue weighted by atomic mass is 10.1. The Kier molecular flexibility index (Phi) is 3.83. The van der Waals surface area contributed by atoms with Gasteiger partial charge < -0.3 is 0 Å². The van der Waals surface area contributed by atoms with Crippen molar-refractivity contribution in [1.29, 1.82) is 0 Å². The largest absolute Gasteiger partial charge is 0.341 e. The fourth-order valence-corrected chi connectivity index (χ4v) is 2.55. The molecule has 0 radical (unpaired) electrons. The highest BCUT2D eigenvalue weighted by Crippen LogP contribution is 2.23. The number of hydrogen-bond acceptors (Lipinski definition) is 4. The van der Waals surface area contributed by atoms with Gasteiger partial charge in [0.15, 0.2) is 0 Å². The monoisotopic (exact) mass is 326 g/mol. The Morgan fingerprint density at radius 3 is 2.89 bits per heavy atom. The van der Waals surface area contributed by atoms with Gasteiger partial charge in [0.2, 0.25) is 5.00 Å². The zero-order valence-electron chi connectivity index (χ0n) is 9.36. The van der Waals surface area contributed by atoms with Crippen molar-refractivity contribution in [3.8, 4) is 0 Å². The Morgan fingerprint density at radius 1 is 1.50 bits per heavy atom. The molecule has 92 valence electrons. The first kappa shape index (κ1) is 12.8. The number of amides is 1. The molecule has 2 aromatic rings. The number of nitroso groups, excluding NO2 is 1. The normalized spacial score (nSPS) is 10.1. The minimum absolute atomic E-state index is 0.226. The summed E-state index contributed by atoms with van der Waals surface area (Å²) >= 11 is 4.43. The molecule has 1 aromatic heterocycles. The molecule has 0 fully saturated rings. The van der Waals surface area contributed by atoms with Crippen molar-refractivity contribution < 1.29 is 9.78 Å². The number of rotatable bonds is 3. The van der Waals surface area contributed by atoms with Gasteiger partial charge in [-0.1, -0.05) is 15.9 Å². The Balaban J connectivity index is 2.19. The van der Waals surface area contributed by atoms with E-state index in [-0.39, 0.29) is 10.9 Å². The van der Waals surface area contributed by atoms with Crippen LogP contribution in [-0.2, 0) is 0 Å². The van der Waals surface area contributed by atoms with Crippen molar-refractivity contribution in [2.24, 2.45) is 5.18 Å². The van der Waals surface area contributed by atoms with Crippen LogP contribution in [0.4, 0.5) is 10.1 Å². The molecule has 0 atom stereocenters. The molecule has 2 N–H and O–H groups in total. The first-order valence-electron chi connectivity index (χ1n) is 5.02. The average molecular weight is 327 g/mol. The number of nitrogens with one attached hydrogen (secondary N) is 2. The van der Waals surface area contributed by atoms with Crippen LogP contribution in [0.1, 0.15) is 15.9 Å². The first-order chi connectivity index (χ1) is 8.60. The summed E-state index contributed by atoms with van der Waals surface area (Å²) in [5.41, 5.74) is 1.45. The summed E-state index contributed by atoms with van der Waals surface area (Å²) in [4.78, 5) is 25.1. The summed E-state index contributed by atoms with van der Waals surface area (Å²) in [5.74, 6) is -0.226. The molecule has 1 aromatic carbocycles. The highest BCUT2D eigenvalue weighted by molar-refractivity contribution is 9.10. The fourth-order valence-electron chi connectivity index (χ4n) is 1.45. The highest BCUT2D eigenvalue weighted by Gasteiger charge is 2.17. The van der Waals surface area contributed by atoms with E-state index in [1.54, 1.807) is 12.1 Å². The third-order valence-corrected chi connectivity index (χ3v) is 3.60. The number of aromatic amines is 1. The predicted molar refractivity (Wildman–Crippen MR) is 73.2 cm³/mol. The lowest BCUT2D eigenvalue weighted by Gasteiger charge is -2.01. The van der Waals surface area contributed by atoms with E-state index in [1.807, 2.05) is 13.0 Å². The summed E-state index contributed by atoms with van der Waals surface area (Å²) in [6.45, 7) is 1.86. The van der Waals surface area contributed by atoms with Crippen LogP contribution in [-0.4, -0.2) is 5.91 Å². The number of hydrogen-bond donors (Lipinski definition) is 1. The molecule has 7 heteroatoms. The number of halogens is 1. The van der Waals surface area contributed by atoms with Crippen LogP contribution in [0.2, 0.25) is 0 Å². The molecular formula is C11H9BrN3O2S+. The highest BCUT2D eigenvalue weighted by atomic mass is 79.9. The maximum absolute atomic E-state index is 12.0. The van der Waals surface area contributed by atoms with Gasteiger partial charge in [-0.2, -0.15) is 5.32 Å². The smallest absolute Gasteiger partial charge is 0.241 e. The van der Waals surface area contributed by atoms with Crippen LogP contribution in [0.5, 0.6) is 0 Å². The van der Waals surface area contributed by atoms with E-state index in [4.69, 9.17) is 0 Å². The van der Waals surface area contributed by atoms with E-state index in [9.17, 15) is 9.70 Å². The van der Waals surface area contributed by atoms with Crippen LogP contribution in [0.15, 0.2) is 34.0 Å². The minimum atomic E-state index is -0.226. The van der Waals surface area contributed by atoms with Gasteiger partial charge in [-0.05, 0) is 47.2 Å². The number of aromatic nitrogens is 1. The van der Waals surface area contributed by atoms with Crippen molar-refractivity contribution in [2.75, 3.05) is 5.32 Å². The number of carbonyl (C=O) groups excluding carboxylic acids is 1. The number of anilines is 1. The SMILES string of the molecule is Cc1cc(Br)ccc1C(=O)Nc1[nH+]cc(N=O)s1. The molecule has 1 amide bonds. The Hall–Kier alpha value is -1.60. The molecular weight excluding hydrogens is 318 g/mol. The summed E-state index contributed by atoms with van der Waals surface area (Å²) in [7, 11) is 0. The molecule has 5 nitrogen and oxygen atoms in total. The molecule has 1 heterocycles. The van der Waals surface area contributed by atoms with E-state index in [0.717, 1.165) is 21.4 Å². The molecule has 18 heavy (non-hydrogen) atoms. The van der Waals surface area contributed by atoms with Crippen molar-refractivity contribution in [2.45, 2.75) is 6.92 Å². The fraction of sp³-hybridized carbons (Fsp3) is 0.0909. The second-order valence-corrected chi connectivity index (χ2v) is 5.51. The van der Waals surface area contributed by atoms with Crippen LogP contribution in [0.25, 0.3) is 0 Å². The zero-order valence-corrected chi connectivity index (χ0v) is 11.8. The van der Waals surface area contributed by atoms with Crippen molar-refractivity contribution in [3.05, 3.63) is 44.9 Å². The molecule has 2 rings (SSSR count). The minimum Gasteiger partial charge on any atom is -0.241 e. The van der Waals surface area contributed by atoms with Gasteiger partial charge in [0.25, 0.3) is 0 Å². The van der Waals surface area contributed by atoms with E-state index in [0.29, 0.717) is 10.7 Å². The molecule has 0 spiro atoms. The third kappa shape index (κ3) is 2.80. The second-order valence-electron chi connectivity index (χ2n) is 3.56. The number of H-pyrrole nitrogens is 1. The lowest BCUT2D eigenvalue weighted by Crippen LogP contribution is -2.17. The van der Waals surface area contributed by atoms with Crippen molar-refractivity contribution >= 4 is 43.3 Å². The van der Waals surface area contributed by atoms with E-state index < -0.39 is 0 Å². The van der Waals surface area contributed by atoms with Gasteiger partial charge in [-0.15, -0.1) is 4.91 Å². The Morgan fingerprint density at radius 2 is 2.28 bits per heavy atom. The summed E-state index contributed by atoms with van der Waals surface area (Å²) < 4.78 is 0.923. The molecule has 0 bridgehead atoms. The quantitative estimate of drug-likeness (QED) is 0.879. The topological polar surface area (TPSA) is 72.7 Å². The first-order valence-corrected chi connectivity index (χ1v) is 6.63. The Bertz CT molecular complexity index is 612. The van der Waals surface area contributed by atoms with Crippen molar-refractivity contribution in [1.82, 2.24) is 0 Å². The van der Waals surface area contributed by atoms with Gasteiger partial charge >= 0.3 is 11.0 Å². The molecule has 0 saturated carbocycles. The van der Waals surface area contributed by atoms with E-state index in [2.05, 4.69) is 31.4 Å². The Labute approximate surface area is 115 Å². The van der Waals surface area contributed by atoms with Gasteiger partial charge in [-0.25, -0.2) is 9.78 Å². The number of thiazole rings is 1. The average Bonchev–Trinajstić information content (AvgIpc) is 2.76. The summed E-state index contributed by atoms with van der Waals surface area (Å²) in [6.07, 6.45) is 1.45. The number of nitrogens with zero attached hydrogens (tertiary/aromatic N) is 1. The van der Waals surface area contributed by atoms with Gasteiger partial charge in [0.05, 0.1) is 5.56 Å².